The summed E-state index contributed by atoms with van der Waals surface area (Å²) in [4.78, 5) is 27.5. The van der Waals surface area contributed by atoms with E-state index in [-0.39, 0.29) is 17.4 Å². The molecule has 5 nitrogen and oxygen atoms in total. The van der Waals surface area contributed by atoms with Gasteiger partial charge in [0.05, 0.1) is 17.7 Å². The predicted molar refractivity (Wildman–Crippen MR) is 122 cm³/mol. The van der Waals surface area contributed by atoms with E-state index in [2.05, 4.69) is 6.92 Å². The van der Waals surface area contributed by atoms with E-state index in [0.717, 1.165) is 24.8 Å². The van der Waals surface area contributed by atoms with Gasteiger partial charge >= 0.3 is 0 Å². The summed E-state index contributed by atoms with van der Waals surface area (Å²) < 4.78 is 5.81. The zero-order chi connectivity index (χ0) is 22.5. The molecule has 1 fully saturated rings. The Balaban J connectivity index is 2.12. The summed E-state index contributed by atoms with van der Waals surface area (Å²) >= 11 is 6.08. The first kappa shape index (κ1) is 22.9. The fraction of sp³-hybridized carbons (Fsp3) is 0.360. The maximum Gasteiger partial charge on any atom is 0.295 e. The quantitative estimate of drug-likeness (QED) is 0.245. The third-order valence-corrected chi connectivity index (χ3v) is 5.42. The number of ether oxygens (including phenoxy) is 1. The minimum Gasteiger partial charge on any atom is -0.507 e. The Morgan fingerprint density at radius 3 is 2.55 bits per heavy atom. The summed E-state index contributed by atoms with van der Waals surface area (Å²) in [6.07, 6.45) is 2.70. The molecule has 1 aliphatic rings. The summed E-state index contributed by atoms with van der Waals surface area (Å²) in [6.45, 7) is 6.38. The largest absolute Gasteiger partial charge is 0.507 e. The van der Waals surface area contributed by atoms with Gasteiger partial charge in [0.15, 0.2) is 0 Å². The molecule has 1 amide bonds. The first-order valence-electron chi connectivity index (χ1n) is 10.6. The van der Waals surface area contributed by atoms with E-state index in [9.17, 15) is 14.7 Å². The lowest BCUT2D eigenvalue weighted by atomic mass is 9.95. The van der Waals surface area contributed by atoms with Gasteiger partial charge in [-0.2, -0.15) is 0 Å². The molecule has 1 aliphatic heterocycles. The smallest absolute Gasteiger partial charge is 0.295 e. The predicted octanol–water partition coefficient (Wildman–Crippen LogP) is 5.74. The van der Waals surface area contributed by atoms with Crippen molar-refractivity contribution in [3.63, 3.8) is 0 Å². The van der Waals surface area contributed by atoms with Gasteiger partial charge < -0.3 is 14.7 Å². The molecule has 1 atom stereocenters. The van der Waals surface area contributed by atoms with E-state index < -0.39 is 17.7 Å². The van der Waals surface area contributed by atoms with Crippen LogP contribution in [0.1, 0.15) is 57.2 Å². The van der Waals surface area contributed by atoms with Crippen molar-refractivity contribution in [2.45, 2.75) is 52.2 Å². The zero-order valence-corrected chi connectivity index (χ0v) is 18.9. The molecule has 1 N–H and O–H groups in total. The van der Waals surface area contributed by atoms with Crippen molar-refractivity contribution in [1.82, 2.24) is 4.90 Å². The second-order valence-electron chi connectivity index (χ2n) is 7.95. The van der Waals surface area contributed by atoms with Crippen molar-refractivity contribution < 1.29 is 19.4 Å². The number of aliphatic hydroxyl groups excluding tert-OH is 1. The zero-order valence-electron chi connectivity index (χ0n) is 18.1. The molecule has 3 rings (SSSR count). The molecule has 0 spiro atoms. The summed E-state index contributed by atoms with van der Waals surface area (Å²) in [5.74, 6) is -0.859. The molecule has 0 bridgehead atoms. The molecular formula is C25H28ClNO4. The van der Waals surface area contributed by atoms with Crippen molar-refractivity contribution in [3.05, 3.63) is 70.3 Å². The van der Waals surface area contributed by atoms with Crippen LogP contribution in [0.25, 0.3) is 5.76 Å². The molecule has 0 aliphatic carbocycles. The second-order valence-corrected chi connectivity index (χ2v) is 8.39. The summed E-state index contributed by atoms with van der Waals surface area (Å²) in [5.41, 5.74) is 1.20. The van der Waals surface area contributed by atoms with Crippen molar-refractivity contribution in [3.8, 4) is 5.75 Å². The first-order valence-corrected chi connectivity index (χ1v) is 11.0. The molecule has 1 unspecified atom stereocenters. The number of rotatable bonds is 8. The Kier molecular flexibility index (Phi) is 7.39. The Morgan fingerprint density at radius 1 is 1.13 bits per heavy atom. The van der Waals surface area contributed by atoms with Gasteiger partial charge in [-0.25, -0.2) is 0 Å². The molecule has 0 radical (unpaired) electrons. The van der Waals surface area contributed by atoms with Crippen LogP contribution in [0.2, 0.25) is 5.02 Å². The summed E-state index contributed by atoms with van der Waals surface area (Å²) in [7, 11) is 0. The van der Waals surface area contributed by atoms with Gasteiger partial charge in [0.2, 0.25) is 0 Å². The lowest BCUT2D eigenvalue weighted by Crippen LogP contribution is -2.30. The number of carbonyl (C=O) groups is 2. The van der Waals surface area contributed by atoms with Gasteiger partial charge in [0.1, 0.15) is 11.5 Å². The maximum absolute atomic E-state index is 13.0. The van der Waals surface area contributed by atoms with Crippen molar-refractivity contribution in [1.29, 1.82) is 0 Å². The molecule has 0 aromatic heterocycles. The average molecular weight is 442 g/mol. The van der Waals surface area contributed by atoms with Crippen LogP contribution < -0.4 is 4.74 Å². The fourth-order valence-electron chi connectivity index (χ4n) is 3.81. The van der Waals surface area contributed by atoms with Gasteiger partial charge in [0.25, 0.3) is 11.7 Å². The van der Waals surface area contributed by atoms with Crippen molar-refractivity contribution in [2.24, 2.45) is 0 Å². The highest BCUT2D eigenvalue weighted by molar-refractivity contribution is 6.46. The third-order valence-electron chi connectivity index (χ3n) is 5.19. The van der Waals surface area contributed by atoms with Crippen LogP contribution in [0.5, 0.6) is 5.75 Å². The van der Waals surface area contributed by atoms with Crippen LogP contribution in [-0.4, -0.2) is 34.3 Å². The number of hydrogen-bond acceptors (Lipinski definition) is 4. The first-order chi connectivity index (χ1) is 14.8. The second kappa shape index (κ2) is 10.0. The fourth-order valence-corrected chi connectivity index (χ4v) is 4.00. The van der Waals surface area contributed by atoms with E-state index in [1.807, 2.05) is 38.1 Å². The van der Waals surface area contributed by atoms with Crippen molar-refractivity contribution >= 4 is 29.1 Å². The molecule has 2 aromatic carbocycles. The van der Waals surface area contributed by atoms with Crippen LogP contribution >= 0.6 is 11.6 Å². The number of halogens is 1. The molecule has 1 heterocycles. The van der Waals surface area contributed by atoms with Crippen LogP contribution in [0.15, 0.2) is 54.1 Å². The number of amides is 1. The van der Waals surface area contributed by atoms with Gasteiger partial charge in [-0.15, -0.1) is 0 Å². The lowest BCUT2D eigenvalue weighted by Gasteiger charge is -2.26. The van der Waals surface area contributed by atoms with E-state index in [1.54, 1.807) is 29.2 Å². The molecule has 2 aromatic rings. The molecular weight excluding hydrogens is 414 g/mol. The Hall–Kier alpha value is -2.79. The molecule has 1 saturated heterocycles. The van der Waals surface area contributed by atoms with Gasteiger partial charge in [-0.1, -0.05) is 55.6 Å². The number of carbonyl (C=O) groups excluding carboxylic acids is 2. The van der Waals surface area contributed by atoms with Crippen LogP contribution in [0.4, 0.5) is 0 Å². The minimum absolute atomic E-state index is 0.0161. The third kappa shape index (κ3) is 5.10. The van der Waals surface area contributed by atoms with E-state index in [0.29, 0.717) is 22.9 Å². The Labute approximate surface area is 188 Å². The highest BCUT2D eigenvalue weighted by Crippen LogP contribution is 2.40. The van der Waals surface area contributed by atoms with Crippen LogP contribution in [0.3, 0.4) is 0 Å². The molecule has 6 heteroatoms. The topological polar surface area (TPSA) is 66.8 Å². The Bertz CT molecular complexity index is 999. The van der Waals surface area contributed by atoms with E-state index >= 15 is 0 Å². The number of aliphatic hydroxyl groups is 1. The average Bonchev–Trinajstić information content (AvgIpc) is 2.98. The SMILES string of the molecule is CCCCCN1C(=O)C(=O)/C(=C(\O)c2cccc(Cl)c2)C1c1cccc(OC(C)C)c1. The Morgan fingerprint density at radius 2 is 1.87 bits per heavy atom. The molecule has 31 heavy (non-hydrogen) atoms. The van der Waals surface area contributed by atoms with Gasteiger partial charge in [0, 0.05) is 17.1 Å². The number of nitrogens with zero attached hydrogens (tertiary/aromatic N) is 1. The van der Waals surface area contributed by atoms with Crippen LogP contribution in [0, 0.1) is 0 Å². The summed E-state index contributed by atoms with van der Waals surface area (Å²) in [6, 6.07) is 13.3. The van der Waals surface area contributed by atoms with Gasteiger partial charge in [-0.05, 0) is 50.1 Å². The van der Waals surface area contributed by atoms with E-state index in [1.165, 1.54) is 0 Å². The van der Waals surface area contributed by atoms with Gasteiger partial charge in [-0.3, -0.25) is 9.59 Å². The lowest BCUT2D eigenvalue weighted by molar-refractivity contribution is -0.139. The number of likely N-dealkylation sites (tertiary alicyclic amines) is 1. The van der Waals surface area contributed by atoms with E-state index in [4.69, 9.17) is 16.3 Å². The highest BCUT2D eigenvalue weighted by atomic mass is 35.5. The number of unbranched alkanes of at least 4 members (excludes halogenated alkanes) is 2. The number of ketones is 1. The van der Waals surface area contributed by atoms with Crippen molar-refractivity contribution in [2.75, 3.05) is 6.54 Å². The monoisotopic (exact) mass is 441 g/mol. The molecule has 164 valence electrons. The number of benzene rings is 2. The minimum atomic E-state index is -0.688. The number of Topliss-reactive ketones (excluding diaryl/α,β-unsaturated/α-hetero) is 1. The molecule has 0 saturated carbocycles. The maximum atomic E-state index is 13.0. The standard InChI is InChI=1S/C25H28ClNO4/c1-4-5-6-13-27-22(17-9-8-12-20(15-17)31-16(2)3)21(24(29)25(27)30)23(28)18-10-7-11-19(26)14-18/h7-12,14-16,22,28H,4-6,13H2,1-3H3/b23-21-. The number of hydrogen-bond donors (Lipinski definition) is 1. The normalized spacial score (nSPS) is 18.1. The van der Waals surface area contributed by atoms with Crippen LogP contribution in [-0.2, 0) is 9.59 Å². The summed E-state index contributed by atoms with van der Waals surface area (Å²) in [5, 5.41) is 11.5. The highest BCUT2D eigenvalue weighted by Gasteiger charge is 2.45.